The second-order valence-corrected chi connectivity index (χ2v) is 6.59. The third-order valence-electron chi connectivity index (χ3n) is 4.35. The molecule has 1 aliphatic heterocycles. The van der Waals surface area contributed by atoms with Crippen LogP contribution in [-0.2, 0) is 0 Å². The Morgan fingerprint density at radius 3 is 2.83 bits per heavy atom. The van der Waals surface area contributed by atoms with Crippen LogP contribution in [-0.4, -0.2) is 34.1 Å². The van der Waals surface area contributed by atoms with Gasteiger partial charge in [0.1, 0.15) is 0 Å². The Labute approximate surface area is 109 Å². The molecule has 1 saturated carbocycles. The van der Waals surface area contributed by atoms with E-state index < -0.39 is 0 Å². The molecule has 18 heavy (non-hydrogen) atoms. The lowest BCUT2D eigenvalue weighted by Gasteiger charge is -2.28. The second kappa shape index (κ2) is 4.35. The van der Waals surface area contributed by atoms with Crippen molar-refractivity contribution < 1.29 is 0 Å². The quantitative estimate of drug-likeness (QED) is 0.886. The van der Waals surface area contributed by atoms with Crippen LogP contribution in [0.4, 0.5) is 0 Å². The molecule has 0 aromatic carbocycles. The molecule has 2 fully saturated rings. The normalized spacial score (nSPS) is 25.5. The number of nitrogens with zero attached hydrogens (tertiary/aromatic N) is 3. The molecule has 0 radical (unpaired) electrons. The number of rotatable bonds is 4. The maximum atomic E-state index is 6.04. The van der Waals surface area contributed by atoms with E-state index in [1.807, 2.05) is 12.5 Å². The van der Waals surface area contributed by atoms with E-state index in [9.17, 15) is 0 Å². The van der Waals surface area contributed by atoms with Crippen molar-refractivity contribution in [1.82, 2.24) is 14.5 Å². The van der Waals surface area contributed by atoms with Gasteiger partial charge in [-0.15, -0.1) is 0 Å². The first-order valence-electron chi connectivity index (χ1n) is 7.06. The first-order valence-corrected chi connectivity index (χ1v) is 7.06. The SMILES string of the molecule is CC1(C)CCN(C(CN)c2cncn2C2CC2)C1. The van der Waals surface area contributed by atoms with Crippen LogP contribution in [0.3, 0.4) is 0 Å². The van der Waals surface area contributed by atoms with Gasteiger partial charge >= 0.3 is 0 Å². The maximum Gasteiger partial charge on any atom is 0.0951 e. The summed E-state index contributed by atoms with van der Waals surface area (Å²) >= 11 is 0. The highest BCUT2D eigenvalue weighted by Gasteiger charge is 2.36. The number of hydrogen-bond acceptors (Lipinski definition) is 3. The lowest BCUT2D eigenvalue weighted by molar-refractivity contribution is 0.215. The first-order chi connectivity index (χ1) is 8.61. The molecule has 1 unspecified atom stereocenters. The first kappa shape index (κ1) is 12.2. The standard InChI is InChI=1S/C14H24N4/c1-14(2)5-6-17(9-14)12(7-15)13-8-16-10-18(13)11-3-4-11/h8,10-12H,3-7,9,15H2,1-2H3. The van der Waals surface area contributed by atoms with E-state index in [0.717, 1.165) is 13.1 Å². The van der Waals surface area contributed by atoms with Gasteiger partial charge < -0.3 is 10.3 Å². The van der Waals surface area contributed by atoms with Gasteiger partial charge in [-0.05, 0) is 31.2 Å². The van der Waals surface area contributed by atoms with E-state index in [1.54, 1.807) is 0 Å². The van der Waals surface area contributed by atoms with E-state index in [4.69, 9.17) is 5.73 Å². The minimum atomic E-state index is 0.342. The largest absolute Gasteiger partial charge is 0.330 e. The van der Waals surface area contributed by atoms with Crippen molar-refractivity contribution in [2.45, 2.75) is 45.2 Å². The molecule has 4 heteroatoms. The number of aromatic nitrogens is 2. The van der Waals surface area contributed by atoms with Crippen LogP contribution in [0.5, 0.6) is 0 Å². The van der Waals surface area contributed by atoms with Crippen LogP contribution in [0.25, 0.3) is 0 Å². The van der Waals surface area contributed by atoms with Crippen molar-refractivity contribution in [1.29, 1.82) is 0 Å². The molecule has 3 rings (SSSR count). The van der Waals surface area contributed by atoms with Gasteiger partial charge in [-0.2, -0.15) is 0 Å². The predicted octanol–water partition coefficient (Wildman–Crippen LogP) is 1.95. The van der Waals surface area contributed by atoms with Crippen molar-refractivity contribution >= 4 is 0 Å². The average Bonchev–Trinajstić information content (AvgIpc) is 2.95. The van der Waals surface area contributed by atoms with Crippen LogP contribution < -0.4 is 5.73 Å². The summed E-state index contributed by atoms with van der Waals surface area (Å²) in [6.07, 6.45) is 7.86. The molecule has 2 heterocycles. The number of nitrogens with two attached hydrogens (primary N) is 1. The molecule has 1 atom stereocenters. The molecule has 1 aromatic rings. The van der Waals surface area contributed by atoms with Crippen molar-refractivity contribution in [3.8, 4) is 0 Å². The van der Waals surface area contributed by atoms with Gasteiger partial charge in [0.15, 0.2) is 0 Å². The zero-order valence-corrected chi connectivity index (χ0v) is 11.5. The fourth-order valence-corrected chi connectivity index (χ4v) is 3.11. The molecule has 0 bridgehead atoms. The van der Waals surface area contributed by atoms with Gasteiger partial charge in [0.25, 0.3) is 0 Å². The van der Waals surface area contributed by atoms with Gasteiger partial charge in [-0.3, -0.25) is 4.90 Å². The van der Waals surface area contributed by atoms with E-state index >= 15 is 0 Å². The summed E-state index contributed by atoms with van der Waals surface area (Å²) in [6, 6.07) is 1.03. The Balaban J connectivity index is 1.81. The van der Waals surface area contributed by atoms with Crippen molar-refractivity contribution in [3.63, 3.8) is 0 Å². The van der Waals surface area contributed by atoms with Gasteiger partial charge in [0.2, 0.25) is 0 Å². The molecule has 2 N–H and O–H groups in total. The molecule has 1 aromatic heterocycles. The fourth-order valence-electron chi connectivity index (χ4n) is 3.11. The third kappa shape index (κ3) is 2.19. The van der Waals surface area contributed by atoms with E-state index in [-0.39, 0.29) is 0 Å². The Morgan fingerprint density at radius 2 is 2.28 bits per heavy atom. The second-order valence-electron chi connectivity index (χ2n) is 6.59. The smallest absolute Gasteiger partial charge is 0.0951 e. The van der Waals surface area contributed by atoms with Crippen LogP contribution in [0, 0.1) is 5.41 Å². The molecule has 100 valence electrons. The van der Waals surface area contributed by atoms with Gasteiger partial charge in [-0.25, -0.2) is 4.98 Å². The van der Waals surface area contributed by atoms with Crippen molar-refractivity contribution in [2.24, 2.45) is 11.1 Å². The van der Waals surface area contributed by atoms with E-state index in [1.165, 1.54) is 25.0 Å². The molecule has 4 nitrogen and oxygen atoms in total. The highest BCUT2D eigenvalue weighted by molar-refractivity contribution is 5.11. The molecular weight excluding hydrogens is 224 g/mol. The van der Waals surface area contributed by atoms with Gasteiger partial charge in [-0.1, -0.05) is 13.8 Å². The van der Waals surface area contributed by atoms with Crippen LogP contribution in [0.2, 0.25) is 0 Å². The summed E-state index contributed by atoms with van der Waals surface area (Å²) in [5, 5.41) is 0. The summed E-state index contributed by atoms with van der Waals surface area (Å²) in [4.78, 5) is 6.88. The Hall–Kier alpha value is -0.870. The third-order valence-corrected chi connectivity index (χ3v) is 4.35. The summed E-state index contributed by atoms with van der Waals surface area (Å²) in [5.74, 6) is 0. The molecule has 0 amide bonds. The molecule has 0 spiro atoms. The monoisotopic (exact) mass is 248 g/mol. The minimum absolute atomic E-state index is 0.342. The summed E-state index contributed by atoms with van der Waals surface area (Å²) in [5.41, 5.74) is 7.78. The predicted molar refractivity (Wildman–Crippen MR) is 72.3 cm³/mol. The Bertz CT molecular complexity index is 419. The number of imidazole rings is 1. The molecule has 2 aliphatic rings. The lowest BCUT2D eigenvalue weighted by atomic mass is 9.93. The fraction of sp³-hybridized carbons (Fsp3) is 0.786. The van der Waals surface area contributed by atoms with Crippen molar-refractivity contribution in [3.05, 3.63) is 18.2 Å². The zero-order valence-electron chi connectivity index (χ0n) is 11.5. The average molecular weight is 248 g/mol. The minimum Gasteiger partial charge on any atom is -0.330 e. The van der Waals surface area contributed by atoms with E-state index in [2.05, 4.69) is 28.3 Å². The molecule has 1 saturated heterocycles. The lowest BCUT2D eigenvalue weighted by Crippen LogP contribution is -2.34. The Kier molecular flexibility index (Phi) is 2.94. The summed E-state index contributed by atoms with van der Waals surface area (Å²) in [6.45, 7) is 7.68. The molecular formula is C14H24N4. The van der Waals surface area contributed by atoms with Gasteiger partial charge in [0.05, 0.1) is 18.1 Å². The van der Waals surface area contributed by atoms with Crippen LogP contribution in [0.1, 0.15) is 50.9 Å². The van der Waals surface area contributed by atoms with Crippen LogP contribution in [0.15, 0.2) is 12.5 Å². The highest BCUT2D eigenvalue weighted by Crippen LogP contribution is 2.39. The maximum absolute atomic E-state index is 6.04. The summed E-state index contributed by atoms with van der Waals surface area (Å²) < 4.78 is 2.35. The van der Waals surface area contributed by atoms with Crippen LogP contribution >= 0.6 is 0 Å². The topological polar surface area (TPSA) is 47.1 Å². The zero-order chi connectivity index (χ0) is 12.8. The molecule has 1 aliphatic carbocycles. The number of likely N-dealkylation sites (tertiary alicyclic amines) is 1. The number of hydrogen-bond donors (Lipinski definition) is 1. The van der Waals surface area contributed by atoms with Crippen molar-refractivity contribution in [2.75, 3.05) is 19.6 Å². The van der Waals surface area contributed by atoms with Gasteiger partial charge in [0, 0.05) is 25.3 Å². The van der Waals surface area contributed by atoms with E-state index in [0.29, 0.717) is 24.0 Å². The Morgan fingerprint density at radius 1 is 1.50 bits per heavy atom. The highest BCUT2D eigenvalue weighted by atomic mass is 15.2. The summed E-state index contributed by atoms with van der Waals surface area (Å²) in [7, 11) is 0.